The molecule has 0 N–H and O–H groups in total. The summed E-state index contributed by atoms with van der Waals surface area (Å²) in [5.41, 5.74) is 1.93. The second-order valence-corrected chi connectivity index (χ2v) is 9.48. The Balaban J connectivity index is 1.40. The number of nitrogens with zero attached hydrogens (tertiary/aromatic N) is 6. The third-order valence-corrected chi connectivity index (χ3v) is 6.94. The molecule has 0 bridgehead atoms. The third kappa shape index (κ3) is 4.72. The molecule has 1 aliphatic rings. The molecular formula is C20H22F2N6O2S. The highest BCUT2D eigenvalue weighted by Crippen LogP contribution is 2.19. The van der Waals surface area contributed by atoms with Crippen LogP contribution in [0.1, 0.15) is 17.0 Å². The summed E-state index contributed by atoms with van der Waals surface area (Å²) >= 11 is 0. The molecule has 0 radical (unpaired) electrons. The molecule has 0 aliphatic carbocycles. The maximum atomic E-state index is 13.4. The lowest BCUT2D eigenvalue weighted by atomic mass is 10.2. The van der Waals surface area contributed by atoms with Crippen LogP contribution in [0.2, 0.25) is 0 Å². The van der Waals surface area contributed by atoms with E-state index in [9.17, 15) is 17.2 Å². The zero-order valence-corrected chi connectivity index (χ0v) is 18.0. The van der Waals surface area contributed by atoms with Crippen LogP contribution in [0.15, 0.2) is 36.4 Å². The van der Waals surface area contributed by atoms with Crippen LogP contribution in [0.5, 0.6) is 0 Å². The highest BCUT2D eigenvalue weighted by molar-refractivity contribution is 7.88. The van der Waals surface area contributed by atoms with Crippen LogP contribution >= 0.6 is 0 Å². The van der Waals surface area contributed by atoms with Gasteiger partial charge in [-0.1, -0.05) is 0 Å². The van der Waals surface area contributed by atoms with Crippen molar-refractivity contribution >= 4 is 15.8 Å². The monoisotopic (exact) mass is 448 g/mol. The Bertz CT molecular complexity index is 1170. The number of benzene rings is 1. The molecule has 0 atom stereocenters. The van der Waals surface area contributed by atoms with Crippen molar-refractivity contribution in [2.45, 2.75) is 19.6 Å². The fourth-order valence-electron chi connectivity index (χ4n) is 3.65. The minimum atomic E-state index is -3.70. The van der Waals surface area contributed by atoms with Crippen LogP contribution in [0.25, 0.3) is 5.82 Å². The fraction of sp³-hybridized carbons (Fsp3) is 0.350. The Morgan fingerprint density at radius 1 is 0.903 bits per heavy atom. The van der Waals surface area contributed by atoms with Crippen LogP contribution in [-0.4, -0.2) is 58.9 Å². The molecule has 2 aromatic heterocycles. The number of halogens is 2. The zero-order chi connectivity index (χ0) is 22.2. The van der Waals surface area contributed by atoms with Gasteiger partial charge in [-0.3, -0.25) is 0 Å². The SMILES string of the molecule is Cc1cc(C)n(-c2ccc(N3CCN(S(=O)(=O)Cc4cc(F)cc(F)c4)CC3)nn2)n1. The van der Waals surface area contributed by atoms with Crippen LogP contribution in [-0.2, 0) is 15.8 Å². The zero-order valence-electron chi connectivity index (χ0n) is 17.2. The summed E-state index contributed by atoms with van der Waals surface area (Å²) in [7, 11) is -3.70. The van der Waals surface area contributed by atoms with E-state index >= 15 is 0 Å². The van der Waals surface area contributed by atoms with Gasteiger partial charge in [0.1, 0.15) is 11.6 Å². The van der Waals surface area contributed by atoms with Crippen molar-refractivity contribution in [2.75, 3.05) is 31.1 Å². The first-order chi connectivity index (χ1) is 14.7. The average Bonchev–Trinajstić information content (AvgIpc) is 3.05. The van der Waals surface area contributed by atoms with E-state index in [1.54, 1.807) is 4.68 Å². The van der Waals surface area contributed by atoms with E-state index in [0.717, 1.165) is 29.6 Å². The van der Waals surface area contributed by atoms with Gasteiger partial charge in [0.25, 0.3) is 0 Å². The second-order valence-electron chi connectivity index (χ2n) is 7.51. The molecule has 4 rings (SSSR count). The fourth-order valence-corrected chi connectivity index (χ4v) is 5.14. The molecular weight excluding hydrogens is 426 g/mol. The minimum absolute atomic E-state index is 0.0885. The summed E-state index contributed by atoms with van der Waals surface area (Å²) in [4.78, 5) is 1.95. The van der Waals surface area contributed by atoms with Crippen molar-refractivity contribution in [1.29, 1.82) is 0 Å². The van der Waals surface area contributed by atoms with Crippen molar-refractivity contribution in [3.8, 4) is 5.82 Å². The van der Waals surface area contributed by atoms with Crippen molar-refractivity contribution in [1.82, 2.24) is 24.3 Å². The number of sulfonamides is 1. The van der Waals surface area contributed by atoms with E-state index in [1.165, 1.54) is 4.31 Å². The quantitative estimate of drug-likeness (QED) is 0.595. The summed E-state index contributed by atoms with van der Waals surface area (Å²) in [6.07, 6.45) is 0. The van der Waals surface area contributed by atoms with E-state index < -0.39 is 27.4 Å². The molecule has 11 heteroatoms. The topological polar surface area (TPSA) is 84.2 Å². The Kier molecular flexibility index (Phi) is 5.71. The number of hydrogen-bond donors (Lipinski definition) is 0. The summed E-state index contributed by atoms with van der Waals surface area (Å²) in [6.45, 7) is 5.22. The summed E-state index contributed by atoms with van der Waals surface area (Å²) in [5, 5.41) is 12.9. The molecule has 0 amide bonds. The molecule has 8 nitrogen and oxygen atoms in total. The molecule has 0 saturated carbocycles. The van der Waals surface area contributed by atoms with Gasteiger partial charge in [-0.25, -0.2) is 21.9 Å². The summed E-state index contributed by atoms with van der Waals surface area (Å²) in [5.74, 6) is -0.777. The first-order valence-corrected chi connectivity index (χ1v) is 11.4. The maximum Gasteiger partial charge on any atom is 0.218 e. The summed E-state index contributed by atoms with van der Waals surface area (Å²) < 4.78 is 55.2. The van der Waals surface area contributed by atoms with Gasteiger partial charge in [0.05, 0.1) is 11.4 Å². The standard InChI is InChI=1S/C20H22F2N6O2S/c1-14-9-15(2)28(25-14)20-4-3-19(23-24-20)26-5-7-27(8-6-26)31(29,30)13-16-10-17(21)12-18(22)11-16/h3-4,9-12H,5-8,13H2,1-2H3. The van der Waals surface area contributed by atoms with Gasteiger partial charge in [-0.2, -0.15) is 9.40 Å². The van der Waals surface area contributed by atoms with Gasteiger partial charge >= 0.3 is 0 Å². The van der Waals surface area contributed by atoms with Crippen LogP contribution in [0.4, 0.5) is 14.6 Å². The number of piperazine rings is 1. The first-order valence-electron chi connectivity index (χ1n) is 9.76. The van der Waals surface area contributed by atoms with E-state index in [-0.39, 0.29) is 18.7 Å². The summed E-state index contributed by atoms with van der Waals surface area (Å²) in [6, 6.07) is 8.40. The van der Waals surface area contributed by atoms with Crippen LogP contribution < -0.4 is 4.90 Å². The largest absolute Gasteiger partial charge is 0.352 e. The van der Waals surface area contributed by atoms with Crippen LogP contribution in [0, 0.1) is 25.5 Å². The Labute approximate surface area is 179 Å². The second kappa shape index (κ2) is 8.31. The molecule has 1 aromatic carbocycles. The smallest absolute Gasteiger partial charge is 0.218 e. The first kappa shape index (κ1) is 21.3. The van der Waals surface area contributed by atoms with Crippen molar-refractivity contribution in [2.24, 2.45) is 0 Å². The van der Waals surface area contributed by atoms with E-state index in [0.29, 0.717) is 24.7 Å². The van der Waals surface area contributed by atoms with Gasteiger partial charge in [-0.05, 0) is 49.7 Å². The molecule has 164 valence electrons. The van der Waals surface area contributed by atoms with Gasteiger partial charge in [0.15, 0.2) is 11.6 Å². The predicted octanol–water partition coefficient (Wildman–Crippen LogP) is 2.21. The molecule has 31 heavy (non-hydrogen) atoms. The maximum absolute atomic E-state index is 13.4. The van der Waals surface area contributed by atoms with Crippen molar-refractivity contribution in [3.63, 3.8) is 0 Å². The third-order valence-electron chi connectivity index (χ3n) is 5.09. The van der Waals surface area contributed by atoms with Gasteiger partial charge in [0, 0.05) is 37.9 Å². The Morgan fingerprint density at radius 3 is 2.06 bits per heavy atom. The number of aryl methyl sites for hydroxylation is 2. The van der Waals surface area contributed by atoms with Gasteiger partial charge in [0.2, 0.25) is 10.0 Å². The van der Waals surface area contributed by atoms with E-state index in [4.69, 9.17) is 0 Å². The number of anilines is 1. The van der Waals surface area contributed by atoms with Crippen molar-refractivity contribution in [3.05, 3.63) is 65.0 Å². The lowest BCUT2D eigenvalue weighted by Gasteiger charge is -2.34. The van der Waals surface area contributed by atoms with Crippen LogP contribution in [0.3, 0.4) is 0 Å². The number of rotatable bonds is 5. The lowest BCUT2D eigenvalue weighted by molar-refractivity contribution is 0.383. The Hall–Kier alpha value is -2.92. The number of aromatic nitrogens is 4. The molecule has 0 unspecified atom stereocenters. The highest BCUT2D eigenvalue weighted by atomic mass is 32.2. The van der Waals surface area contributed by atoms with E-state index in [1.807, 2.05) is 36.9 Å². The minimum Gasteiger partial charge on any atom is -0.352 e. The molecule has 1 fully saturated rings. The van der Waals surface area contributed by atoms with E-state index in [2.05, 4.69) is 15.3 Å². The van der Waals surface area contributed by atoms with Crippen molar-refractivity contribution < 1.29 is 17.2 Å². The lowest BCUT2D eigenvalue weighted by Crippen LogP contribution is -2.49. The van der Waals surface area contributed by atoms with Gasteiger partial charge in [-0.15, -0.1) is 10.2 Å². The molecule has 3 heterocycles. The average molecular weight is 448 g/mol. The normalized spacial score (nSPS) is 15.4. The van der Waals surface area contributed by atoms with Gasteiger partial charge < -0.3 is 4.90 Å². The molecule has 0 spiro atoms. The molecule has 1 aliphatic heterocycles. The highest BCUT2D eigenvalue weighted by Gasteiger charge is 2.28. The molecule has 1 saturated heterocycles. The molecule has 3 aromatic rings. The number of hydrogen-bond acceptors (Lipinski definition) is 6. The predicted molar refractivity (Wildman–Crippen MR) is 111 cm³/mol. The Morgan fingerprint density at radius 2 is 1.52 bits per heavy atom.